The van der Waals surface area contributed by atoms with E-state index in [1.54, 1.807) is 31.2 Å². The average Bonchev–Trinajstić information content (AvgIpc) is 2.42. The van der Waals surface area contributed by atoms with Crippen LogP contribution in [0.2, 0.25) is 0 Å². The van der Waals surface area contributed by atoms with E-state index in [4.69, 9.17) is 15.3 Å². The van der Waals surface area contributed by atoms with Gasteiger partial charge in [-0.05, 0) is 47.5 Å². The van der Waals surface area contributed by atoms with E-state index in [-0.39, 0.29) is 5.57 Å². The van der Waals surface area contributed by atoms with E-state index in [1.165, 1.54) is 6.20 Å². The van der Waals surface area contributed by atoms with Gasteiger partial charge in [-0.3, -0.25) is 0 Å². The SMILES string of the molecule is CCOC(=O)c1cc(C)c(NC=C(C#N)C#N)c(Br)c1. The molecule has 1 N–H and O–H groups in total. The minimum absolute atomic E-state index is 0.0363. The van der Waals surface area contributed by atoms with Crippen LogP contribution in [-0.2, 0) is 4.74 Å². The molecule has 0 aliphatic heterocycles. The number of halogens is 1. The average molecular weight is 334 g/mol. The number of hydrogen-bond donors (Lipinski definition) is 1. The maximum absolute atomic E-state index is 11.7. The third-order valence-corrected chi connectivity index (χ3v) is 3.03. The lowest BCUT2D eigenvalue weighted by Crippen LogP contribution is -2.06. The summed E-state index contributed by atoms with van der Waals surface area (Å²) < 4.78 is 5.58. The zero-order valence-electron chi connectivity index (χ0n) is 11.0. The van der Waals surface area contributed by atoms with Gasteiger partial charge in [-0.2, -0.15) is 10.5 Å². The van der Waals surface area contributed by atoms with Crippen LogP contribution >= 0.6 is 15.9 Å². The zero-order chi connectivity index (χ0) is 15.1. The highest BCUT2D eigenvalue weighted by Gasteiger charge is 2.12. The second-order valence-corrected chi connectivity index (χ2v) is 4.65. The van der Waals surface area contributed by atoms with Gasteiger partial charge in [-0.1, -0.05) is 0 Å². The maximum Gasteiger partial charge on any atom is 0.338 e. The minimum atomic E-state index is -0.395. The number of anilines is 1. The molecular formula is C14H12BrN3O2. The number of rotatable bonds is 4. The summed E-state index contributed by atoms with van der Waals surface area (Å²) in [7, 11) is 0. The smallest absolute Gasteiger partial charge is 0.338 e. The van der Waals surface area contributed by atoms with Gasteiger partial charge in [-0.15, -0.1) is 0 Å². The quantitative estimate of drug-likeness (QED) is 0.674. The molecule has 0 fully saturated rings. The monoisotopic (exact) mass is 333 g/mol. The number of allylic oxidation sites excluding steroid dienone is 1. The van der Waals surface area contributed by atoms with Crippen molar-refractivity contribution in [2.75, 3.05) is 11.9 Å². The molecule has 0 aromatic heterocycles. The van der Waals surface area contributed by atoms with Gasteiger partial charge in [0, 0.05) is 10.7 Å². The van der Waals surface area contributed by atoms with Crippen LogP contribution in [0.25, 0.3) is 0 Å². The molecular weight excluding hydrogens is 322 g/mol. The van der Waals surface area contributed by atoms with Gasteiger partial charge in [-0.25, -0.2) is 4.79 Å². The van der Waals surface area contributed by atoms with Gasteiger partial charge < -0.3 is 10.1 Å². The number of hydrogen-bond acceptors (Lipinski definition) is 5. The first-order valence-electron chi connectivity index (χ1n) is 5.77. The summed E-state index contributed by atoms with van der Waals surface area (Å²) in [6, 6.07) is 6.81. The van der Waals surface area contributed by atoms with Crippen molar-refractivity contribution in [3.63, 3.8) is 0 Å². The number of aryl methyl sites for hydroxylation is 1. The molecule has 0 radical (unpaired) electrons. The number of nitrogens with one attached hydrogen (secondary N) is 1. The van der Waals surface area contributed by atoms with Crippen LogP contribution in [0.4, 0.5) is 5.69 Å². The molecule has 1 aromatic rings. The summed E-state index contributed by atoms with van der Waals surface area (Å²) in [5.41, 5.74) is 1.87. The molecule has 6 heteroatoms. The van der Waals surface area contributed by atoms with Gasteiger partial charge in [0.25, 0.3) is 0 Å². The number of ether oxygens (including phenoxy) is 1. The fourth-order valence-corrected chi connectivity index (χ4v) is 2.17. The Bertz CT molecular complexity index is 600. The molecule has 0 saturated heterocycles. The van der Waals surface area contributed by atoms with Gasteiger partial charge in [0.05, 0.1) is 17.9 Å². The van der Waals surface area contributed by atoms with E-state index in [9.17, 15) is 4.79 Å². The molecule has 0 unspecified atom stereocenters. The van der Waals surface area contributed by atoms with E-state index < -0.39 is 5.97 Å². The lowest BCUT2D eigenvalue weighted by molar-refractivity contribution is 0.0526. The molecule has 0 amide bonds. The first-order valence-corrected chi connectivity index (χ1v) is 6.57. The summed E-state index contributed by atoms with van der Waals surface area (Å²) >= 11 is 3.35. The van der Waals surface area contributed by atoms with Crippen LogP contribution in [0.3, 0.4) is 0 Å². The summed E-state index contributed by atoms with van der Waals surface area (Å²) in [5, 5.41) is 20.2. The fraction of sp³-hybridized carbons (Fsp3) is 0.214. The largest absolute Gasteiger partial charge is 0.462 e. The lowest BCUT2D eigenvalue weighted by atomic mass is 10.1. The van der Waals surface area contributed by atoms with E-state index in [0.717, 1.165) is 5.56 Å². The van der Waals surface area contributed by atoms with Crippen molar-refractivity contribution in [1.82, 2.24) is 0 Å². The van der Waals surface area contributed by atoms with Crippen molar-refractivity contribution in [2.24, 2.45) is 0 Å². The summed E-state index contributed by atoms with van der Waals surface area (Å²) in [5.74, 6) is -0.395. The first-order chi connectivity index (χ1) is 9.53. The molecule has 20 heavy (non-hydrogen) atoms. The third-order valence-electron chi connectivity index (χ3n) is 2.40. The molecule has 0 bridgehead atoms. The molecule has 0 atom stereocenters. The number of nitrogens with zero attached hydrogens (tertiary/aromatic N) is 2. The van der Waals surface area contributed by atoms with Gasteiger partial charge in [0.15, 0.2) is 0 Å². The third kappa shape index (κ3) is 3.84. The highest BCUT2D eigenvalue weighted by atomic mass is 79.9. The number of nitriles is 2. The fourth-order valence-electron chi connectivity index (χ4n) is 1.49. The molecule has 0 aliphatic rings. The highest BCUT2D eigenvalue weighted by Crippen LogP contribution is 2.28. The Labute approximate surface area is 125 Å². The number of carbonyl (C=O) groups excluding carboxylic acids is 1. The summed E-state index contributed by atoms with van der Waals surface area (Å²) in [6.45, 7) is 3.86. The minimum Gasteiger partial charge on any atom is -0.462 e. The number of benzene rings is 1. The number of carbonyl (C=O) groups is 1. The van der Waals surface area contributed by atoms with Crippen molar-refractivity contribution >= 4 is 27.6 Å². The molecule has 0 saturated carbocycles. The normalized spacial score (nSPS) is 9.05. The van der Waals surface area contributed by atoms with Crippen LogP contribution in [0.5, 0.6) is 0 Å². The molecule has 1 rings (SSSR count). The standard InChI is InChI=1S/C14H12BrN3O2/c1-3-20-14(19)11-4-9(2)13(12(15)5-11)18-8-10(6-16)7-17/h4-5,8,18H,3H2,1-2H3. The van der Waals surface area contributed by atoms with Crippen molar-refractivity contribution in [3.05, 3.63) is 39.5 Å². The van der Waals surface area contributed by atoms with E-state index in [1.807, 2.05) is 6.92 Å². The Morgan fingerprint density at radius 3 is 2.60 bits per heavy atom. The second-order valence-electron chi connectivity index (χ2n) is 3.80. The van der Waals surface area contributed by atoms with Crippen LogP contribution < -0.4 is 5.32 Å². The molecule has 102 valence electrons. The number of esters is 1. The Hall–Kier alpha value is -2.31. The lowest BCUT2D eigenvalue weighted by Gasteiger charge is -2.11. The Balaban J connectivity index is 3.08. The van der Waals surface area contributed by atoms with Gasteiger partial charge in [0.1, 0.15) is 17.7 Å². The Morgan fingerprint density at radius 1 is 1.45 bits per heavy atom. The van der Waals surface area contributed by atoms with Gasteiger partial charge >= 0.3 is 5.97 Å². The molecule has 0 heterocycles. The Kier molecular flexibility index (Phi) is 5.76. The van der Waals surface area contributed by atoms with Crippen molar-refractivity contribution < 1.29 is 9.53 Å². The predicted octanol–water partition coefficient (Wildman–Crippen LogP) is 3.28. The molecule has 5 nitrogen and oxygen atoms in total. The van der Waals surface area contributed by atoms with E-state index in [2.05, 4.69) is 21.2 Å². The predicted molar refractivity (Wildman–Crippen MR) is 77.8 cm³/mol. The van der Waals surface area contributed by atoms with Crippen molar-refractivity contribution in [3.8, 4) is 12.1 Å². The topological polar surface area (TPSA) is 85.9 Å². The van der Waals surface area contributed by atoms with Crippen LogP contribution in [0.1, 0.15) is 22.8 Å². The van der Waals surface area contributed by atoms with E-state index in [0.29, 0.717) is 22.3 Å². The van der Waals surface area contributed by atoms with Gasteiger partial charge in [0.2, 0.25) is 0 Å². The molecule has 1 aromatic carbocycles. The van der Waals surface area contributed by atoms with Crippen LogP contribution in [0.15, 0.2) is 28.4 Å². The Morgan fingerprint density at radius 2 is 2.10 bits per heavy atom. The van der Waals surface area contributed by atoms with E-state index >= 15 is 0 Å². The first kappa shape index (κ1) is 15.7. The van der Waals surface area contributed by atoms with Crippen molar-refractivity contribution in [2.45, 2.75) is 13.8 Å². The highest BCUT2D eigenvalue weighted by molar-refractivity contribution is 9.10. The summed E-state index contributed by atoms with van der Waals surface area (Å²) in [6.07, 6.45) is 1.32. The summed E-state index contributed by atoms with van der Waals surface area (Å²) in [4.78, 5) is 11.7. The van der Waals surface area contributed by atoms with Crippen LogP contribution in [0, 0.1) is 29.6 Å². The zero-order valence-corrected chi connectivity index (χ0v) is 12.6. The van der Waals surface area contributed by atoms with Crippen LogP contribution in [-0.4, -0.2) is 12.6 Å². The molecule has 0 spiro atoms. The van der Waals surface area contributed by atoms with Crippen molar-refractivity contribution in [1.29, 1.82) is 10.5 Å². The molecule has 0 aliphatic carbocycles. The maximum atomic E-state index is 11.7. The second kappa shape index (κ2) is 7.32.